The molecule has 2 fully saturated rings. The van der Waals surface area contributed by atoms with Crippen LogP contribution in [-0.2, 0) is 14.8 Å². The lowest BCUT2D eigenvalue weighted by atomic mass is 9.84. The number of aliphatic hydroxyl groups excluding tert-OH is 1. The van der Waals surface area contributed by atoms with Crippen molar-refractivity contribution in [2.45, 2.75) is 48.3 Å². The maximum atomic E-state index is 13.9. The van der Waals surface area contributed by atoms with Gasteiger partial charge in [0.1, 0.15) is 16.7 Å². The fourth-order valence-electron chi connectivity index (χ4n) is 6.01. The number of hydrogen-bond acceptors (Lipinski definition) is 7. The van der Waals surface area contributed by atoms with Gasteiger partial charge in [0.15, 0.2) is 0 Å². The van der Waals surface area contributed by atoms with E-state index >= 15 is 0 Å². The number of nitrogens with zero attached hydrogens (tertiary/aromatic N) is 3. The normalized spacial score (nSPS) is 23.3. The van der Waals surface area contributed by atoms with Crippen LogP contribution in [0.1, 0.15) is 25.7 Å². The van der Waals surface area contributed by atoms with Gasteiger partial charge < -0.3 is 25.4 Å². The van der Waals surface area contributed by atoms with Crippen molar-refractivity contribution in [3.8, 4) is 16.9 Å². The molecule has 11 nitrogen and oxygen atoms in total. The second-order valence-corrected chi connectivity index (χ2v) is 13.5. The van der Waals surface area contributed by atoms with Crippen LogP contribution in [0.15, 0.2) is 71.9 Å². The van der Waals surface area contributed by atoms with Gasteiger partial charge in [-0.05, 0) is 54.8 Å². The molecule has 0 saturated carbocycles. The Hall–Kier alpha value is -3.71. The molecule has 2 saturated heterocycles. The smallest absolute Gasteiger partial charge is 0.321 e. The van der Waals surface area contributed by atoms with Gasteiger partial charge in [0, 0.05) is 66.7 Å². The minimum absolute atomic E-state index is 0.0146. The number of amides is 3. The Morgan fingerprint density at radius 3 is 2.65 bits per heavy atom. The Morgan fingerprint density at radius 2 is 1.91 bits per heavy atom. The third-order valence-electron chi connectivity index (χ3n) is 8.37. The van der Waals surface area contributed by atoms with E-state index in [1.165, 1.54) is 6.07 Å². The molecule has 3 aromatic rings. The molecule has 226 valence electrons. The standard InChI is InChI=1S/C30H32ClN5O6S/c31-22-4-1-5-23(16-22)33-29(39)35-12-8-30(9-13-35)10-14-42-26-15-20(21-3-2-11-32-18-21)6-7-27(26)43(40,41)36-19-24(37)17-25(36)28(38)34-30/h1-7,11,15-16,18,24-25,37H,8-10,12-14,17,19H2,(H,33,39)(H,34,38)/t24-,25+/m1/s1. The molecule has 0 bridgehead atoms. The molecule has 3 aliphatic rings. The highest BCUT2D eigenvalue weighted by molar-refractivity contribution is 7.89. The molecule has 13 heteroatoms. The van der Waals surface area contributed by atoms with Crippen LogP contribution in [0, 0.1) is 0 Å². The molecule has 2 aromatic carbocycles. The van der Waals surface area contributed by atoms with Crippen molar-refractivity contribution in [1.82, 2.24) is 19.5 Å². The van der Waals surface area contributed by atoms with Gasteiger partial charge in [0.2, 0.25) is 15.9 Å². The van der Waals surface area contributed by atoms with Crippen LogP contribution >= 0.6 is 11.6 Å². The Bertz CT molecular complexity index is 1630. The molecule has 1 spiro atoms. The van der Waals surface area contributed by atoms with E-state index < -0.39 is 33.6 Å². The van der Waals surface area contributed by atoms with Crippen LogP contribution < -0.4 is 15.4 Å². The van der Waals surface area contributed by atoms with Gasteiger partial charge in [-0.25, -0.2) is 13.2 Å². The number of piperidine rings is 1. The zero-order valence-corrected chi connectivity index (χ0v) is 24.9. The van der Waals surface area contributed by atoms with Crippen LogP contribution in [0.5, 0.6) is 5.75 Å². The maximum absolute atomic E-state index is 13.9. The number of anilines is 1. The summed E-state index contributed by atoms with van der Waals surface area (Å²) < 4.78 is 35.1. The minimum atomic E-state index is -4.19. The summed E-state index contributed by atoms with van der Waals surface area (Å²) in [6, 6.07) is 14.1. The van der Waals surface area contributed by atoms with Crippen LogP contribution in [0.3, 0.4) is 0 Å². The zero-order chi connectivity index (χ0) is 30.2. The number of aliphatic hydroxyl groups is 1. The number of sulfonamides is 1. The lowest BCUT2D eigenvalue weighted by Crippen LogP contribution is -2.60. The van der Waals surface area contributed by atoms with Crippen molar-refractivity contribution in [3.05, 3.63) is 72.0 Å². The van der Waals surface area contributed by atoms with Crippen LogP contribution in [0.4, 0.5) is 10.5 Å². The molecule has 0 unspecified atom stereocenters. The molecule has 3 aliphatic heterocycles. The van der Waals surface area contributed by atoms with Crippen LogP contribution in [-0.4, -0.2) is 83.6 Å². The van der Waals surface area contributed by atoms with Gasteiger partial charge in [-0.3, -0.25) is 9.78 Å². The quantitative estimate of drug-likeness (QED) is 0.396. The largest absolute Gasteiger partial charge is 0.492 e. The van der Waals surface area contributed by atoms with E-state index in [1.54, 1.807) is 59.8 Å². The highest BCUT2D eigenvalue weighted by Crippen LogP contribution is 2.37. The summed E-state index contributed by atoms with van der Waals surface area (Å²) in [4.78, 5) is 32.4. The Kier molecular flexibility index (Phi) is 8.03. The average Bonchev–Trinajstić information content (AvgIpc) is 3.40. The molecule has 6 rings (SSSR count). The van der Waals surface area contributed by atoms with Crippen LogP contribution in [0.25, 0.3) is 11.1 Å². The Morgan fingerprint density at radius 1 is 1.09 bits per heavy atom. The van der Waals surface area contributed by atoms with Crippen molar-refractivity contribution >= 4 is 39.2 Å². The number of aromatic nitrogens is 1. The number of halogens is 1. The van der Waals surface area contributed by atoms with Crippen molar-refractivity contribution in [2.24, 2.45) is 0 Å². The monoisotopic (exact) mass is 625 g/mol. The first-order chi connectivity index (χ1) is 20.6. The molecule has 1 aromatic heterocycles. The summed E-state index contributed by atoms with van der Waals surface area (Å²) in [5, 5.41) is 17.0. The van der Waals surface area contributed by atoms with E-state index in [9.17, 15) is 23.1 Å². The topological polar surface area (TPSA) is 141 Å². The number of benzene rings is 2. The van der Waals surface area contributed by atoms with E-state index in [0.29, 0.717) is 43.1 Å². The third-order valence-corrected chi connectivity index (χ3v) is 10.5. The number of urea groups is 1. The predicted octanol–water partition coefficient (Wildman–Crippen LogP) is 3.49. The lowest BCUT2D eigenvalue weighted by Gasteiger charge is -2.43. The third kappa shape index (κ3) is 6.05. The van der Waals surface area contributed by atoms with E-state index in [-0.39, 0.29) is 36.2 Å². The molecule has 3 amide bonds. The fourth-order valence-corrected chi connectivity index (χ4v) is 7.95. The number of carbonyl (C=O) groups is 2. The number of rotatable bonds is 2. The van der Waals surface area contributed by atoms with Gasteiger partial charge in [-0.1, -0.05) is 29.8 Å². The summed E-state index contributed by atoms with van der Waals surface area (Å²) in [6.45, 7) is 0.670. The number of likely N-dealkylation sites (tertiary alicyclic amines) is 1. The molecule has 0 radical (unpaired) electrons. The maximum Gasteiger partial charge on any atom is 0.321 e. The number of carbonyl (C=O) groups excluding carboxylic acids is 2. The molecule has 43 heavy (non-hydrogen) atoms. The molecular formula is C30H32ClN5O6S. The van der Waals surface area contributed by atoms with E-state index in [0.717, 1.165) is 15.4 Å². The fraction of sp³-hybridized carbons (Fsp3) is 0.367. The van der Waals surface area contributed by atoms with Crippen molar-refractivity contribution in [1.29, 1.82) is 0 Å². The van der Waals surface area contributed by atoms with Gasteiger partial charge in [-0.2, -0.15) is 4.31 Å². The average molecular weight is 626 g/mol. The van der Waals surface area contributed by atoms with Crippen molar-refractivity contribution in [2.75, 3.05) is 31.6 Å². The first-order valence-corrected chi connectivity index (χ1v) is 16.0. The molecule has 2 atom stereocenters. The zero-order valence-electron chi connectivity index (χ0n) is 23.3. The molecule has 4 heterocycles. The molecule has 0 aliphatic carbocycles. The van der Waals surface area contributed by atoms with E-state index in [1.807, 2.05) is 6.07 Å². The Labute approximate surface area is 254 Å². The first-order valence-electron chi connectivity index (χ1n) is 14.1. The number of hydrogen-bond donors (Lipinski definition) is 3. The molecular weight excluding hydrogens is 594 g/mol. The second-order valence-electron chi connectivity index (χ2n) is 11.2. The Balaban J connectivity index is 1.27. The molecule has 3 N–H and O–H groups in total. The van der Waals surface area contributed by atoms with Gasteiger partial charge in [-0.15, -0.1) is 0 Å². The minimum Gasteiger partial charge on any atom is -0.492 e. The predicted molar refractivity (Wildman–Crippen MR) is 160 cm³/mol. The van der Waals surface area contributed by atoms with E-state index in [2.05, 4.69) is 15.6 Å². The van der Waals surface area contributed by atoms with Crippen molar-refractivity contribution in [3.63, 3.8) is 0 Å². The number of pyridine rings is 1. The summed E-state index contributed by atoms with van der Waals surface area (Å²) in [7, 11) is -4.19. The highest BCUT2D eigenvalue weighted by Gasteiger charge is 2.47. The summed E-state index contributed by atoms with van der Waals surface area (Å²) in [5.74, 6) is -0.295. The van der Waals surface area contributed by atoms with Gasteiger partial charge >= 0.3 is 6.03 Å². The van der Waals surface area contributed by atoms with E-state index in [4.69, 9.17) is 16.3 Å². The van der Waals surface area contributed by atoms with Gasteiger partial charge in [0.25, 0.3) is 0 Å². The SMILES string of the molecule is O=C1NC2(CCOc3cc(-c4cccnc4)ccc3S(=O)(=O)N3C[C@H](O)C[C@@H]13)CCN(C(=O)Nc1cccc(Cl)c1)CC2. The summed E-state index contributed by atoms with van der Waals surface area (Å²) >= 11 is 6.05. The highest BCUT2D eigenvalue weighted by atomic mass is 35.5. The summed E-state index contributed by atoms with van der Waals surface area (Å²) in [6.07, 6.45) is 3.62. The number of nitrogens with one attached hydrogen (secondary N) is 2. The lowest BCUT2D eigenvalue weighted by molar-refractivity contribution is -0.127. The van der Waals surface area contributed by atoms with Crippen LogP contribution in [0.2, 0.25) is 5.02 Å². The first kappa shape index (κ1) is 29.4. The van der Waals surface area contributed by atoms with Gasteiger partial charge in [0.05, 0.1) is 12.7 Å². The second kappa shape index (κ2) is 11.8. The summed E-state index contributed by atoms with van der Waals surface area (Å²) in [5.41, 5.74) is 1.38. The van der Waals surface area contributed by atoms with Crippen molar-refractivity contribution < 1.29 is 27.9 Å². The number of fused-ring (bicyclic) bond motifs is 2. The number of ether oxygens (including phenoxy) is 1.